The molecule has 0 spiro atoms. The summed E-state index contributed by atoms with van der Waals surface area (Å²) < 4.78 is 1.75. The molecule has 0 fully saturated rings. The number of nitrogens with zero attached hydrogens (tertiary/aromatic N) is 4. The van der Waals surface area contributed by atoms with Gasteiger partial charge >= 0.3 is 0 Å². The molecule has 0 unspecified atom stereocenters. The van der Waals surface area contributed by atoms with E-state index in [2.05, 4.69) is 27.3 Å². The molecule has 2 aromatic heterocycles. The Balaban J connectivity index is 1.92. The zero-order valence-corrected chi connectivity index (χ0v) is 10.0. The van der Waals surface area contributed by atoms with Crippen molar-refractivity contribution in [1.82, 2.24) is 25.1 Å². The zero-order chi connectivity index (χ0) is 11.9. The number of hydrogen-bond donors (Lipinski definition) is 1. The molecule has 0 aliphatic rings. The lowest BCUT2D eigenvalue weighted by Crippen LogP contribution is -2.17. The van der Waals surface area contributed by atoms with Crippen LogP contribution in [-0.2, 0) is 6.42 Å². The van der Waals surface area contributed by atoms with Crippen molar-refractivity contribution in [1.29, 1.82) is 0 Å². The molecule has 2 aromatic rings. The van der Waals surface area contributed by atoms with Gasteiger partial charge in [-0.05, 0) is 31.5 Å². The molecule has 2 heterocycles. The third-order valence-corrected chi connectivity index (χ3v) is 2.44. The fraction of sp³-hybridized carbons (Fsp3) is 0.417. The van der Waals surface area contributed by atoms with Gasteiger partial charge in [0.2, 0.25) is 0 Å². The third-order valence-electron chi connectivity index (χ3n) is 2.44. The van der Waals surface area contributed by atoms with Crippen LogP contribution in [0.25, 0.3) is 5.82 Å². The van der Waals surface area contributed by atoms with Crippen molar-refractivity contribution >= 4 is 0 Å². The molecule has 0 radical (unpaired) electrons. The van der Waals surface area contributed by atoms with Crippen LogP contribution in [0.1, 0.15) is 18.9 Å². The average Bonchev–Trinajstić information content (AvgIpc) is 2.85. The predicted molar refractivity (Wildman–Crippen MR) is 66.0 cm³/mol. The maximum Gasteiger partial charge on any atom is 0.171 e. The molecule has 0 saturated heterocycles. The van der Waals surface area contributed by atoms with Crippen molar-refractivity contribution in [2.75, 3.05) is 13.1 Å². The van der Waals surface area contributed by atoms with Gasteiger partial charge in [0.15, 0.2) is 5.82 Å². The monoisotopic (exact) mass is 231 g/mol. The van der Waals surface area contributed by atoms with Gasteiger partial charge in [0.05, 0.1) is 12.4 Å². The van der Waals surface area contributed by atoms with Crippen LogP contribution in [-0.4, -0.2) is 32.8 Å². The average molecular weight is 231 g/mol. The van der Waals surface area contributed by atoms with Crippen molar-refractivity contribution in [2.24, 2.45) is 0 Å². The normalized spacial score (nSPS) is 10.6. The van der Waals surface area contributed by atoms with Gasteiger partial charge in [-0.15, -0.1) is 0 Å². The number of aromatic nitrogens is 4. The van der Waals surface area contributed by atoms with Crippen molar-refractivity contribution in [2.45, 2.75) is 19.8 Å². The lowest BCUT2D eigenvalue weighted by atomic mass is 10.2. The maximum absolute atomic E-state index is 4.27. The van der Waals surface area contributed by atoms with Crippen molar-refractivity contribution < 1.29 is 0 Å². The van der Waals surface area contributed by atoms with E-state index in [-0.39, 0.29) is 0 Å². The maximum atomic E-state index is 4.27. The Morgan fingerprint density at radius 1 is 1.24 bits per heavy atom. The van der Waals surface area contributed by atoms with Gasteiger partial charge in [-0.25, -0.2) is 9.67 Å². The lowest BCUT2D eigenvalue weighted by Gasteiger charge is -2.00. The van der Waals surface area contributed by atoms with E-state index in [1.807, 2.05) is 12.4 Å². The summed E-state index contributed by atoms with van der Waals surface area (Å²) in [4.78, 5) is 8.22. The van der Waals surface area contributed by atoms with E-state index in [9.17, 15) is 0 Å². The van der Waals surface area contributed by atoms with Crippen LogP contribution in [0, 0.1) is 0 Å². The zero-order valence-electron chi connectivity index (χ0n) is 10.0. The summed E-state index contributed by atoms with van der Waals surface area (Å²) in [5.41, 5.74) is 1.21. The molecular formula is C12H17N5. The summed E-state index contributed by atoms with van der Waals surface area (Å²) in [6.07, 6.45) is 11.0. The largest absolute Gasteiger partial charge is 0.316 e. The molecular weight excluding hydrogens is 214 g/mol. The Morgan fingerprint density at radius 2 is 2.18 bits per heavy atom. The Hall–Kier alpha value is -1.75. The third kappa shape index (κ3) is 3.35. The van der Waals surface area contributed by atoms with Gasteiger partial charge < -0.3 is 5.32 Å². The predicted octanol–water partition coefficient (Wildman–Crippen LogP) is 1.20. The Morgan fingerprint density at radius 3 is 2.94 bits per heavy atom. The Bertz CT molecular complexity index is 437. The minimum atomic E-state index is 0.750. The van der Waals surface area contributed by atoms with Crippen molar-refractivity contribution in [3.63, 3.8) is 0 Å². The topological polar surface area (TPSA) is 55.6 Å². The molecule has 1 N–H and O–H groups in total. The molecule has 5 heteroatoms. The van der Waals surface area contributed by atoms with Crippen LogP contribution in [0.2, 0.25) is 0 Å². The first kappa shape index (κ1) is 11.7. The highest BCUT2D eigenvalue weighted by Crippen LogP contribution is 2.03. The van der Waals surface area contributed by atoms with Gasteiger partial charge in [-0.3, -0.25) is 4.98 Å². The number of hydrogen-bond acceptors (Lipinski definition) is 4. The SMILES string of the molecule is CCCNCCc1cnn(-c2cnccn2)c1. The smallest absolute Gasteiger partial charge is 0.171 e. The van der Waals surface area contributed by atoms with Gasteiger partial charge in [-0.2, -0.15) is 5.10 Å². The van der Waals surface area contributed by atoms with E-state index in [0.717, 1.165) is 25.3 Å². The van der Waals surface area contributed by atoms with Crippen LogP contribution in [0.5, 0.6) is 0 Å². The second kappa shape index (κ2) is 6.10. The molecule has 90 valence electrons. The van der Waals surface area contributed by atoms with Crippen LogP contribution in [0.15, 0.2) is 31.0 Å². The van der Waals surface area contributed by atoms with E-state index < -0.39 is 0 Å². The highest BCUT2D eigenvalue weighted by Gasteiger charge is 2.01. The first-order valence-electron chi connectivity index (χ1n) is 5.91. The molecule has 0 saturated carbocycles. The Labute approximate surface area is 101 Å². The summed E-state index contributed by atoms with van der Waals surface area (Å²) in [6, 6.07) is 0. The molecule has 0 atom stereocenters. The molecule has 0 aromatic carbocycles. The lowest BCUT2D eigenvalue weighted by molar-refractivity contribution is 0.671. The number of rotatable bonds is 6. The standard InChI is InChI=1S/C12H17N5/c1-2-4-13-5-3-11-8-16-17(10-11)12-9-14-6-7-15-12/h6-10,13H,2-5H2,1H3. The summed E-state index contributed by atoms with van der Waals surface area (Å²) in [5.74, 6) is 0.750. The molecule has 0 amide bonds. The van der Waals surface area contributed by atoms with Crippen LogP contribution in [0.4, 0.5) is 0 Å². The fourth-order valence-electron chi connectivity index (χ4n) is 1.56. The minimum Gasteiger partial charge on any atom is -0.316 e. The quantitative estimate of drug-likeness (QED) is 0.759. The molecule has 0 aliphatic heterocycles. The number of nitrogens with one attached hydrogen (secondary N) is 1. The van der Waals surface area contributed by atoms with Crippen LogP contribution >= 0.6 is 0 Å². The van der Waals surface area contributed by atoms with E-state index in [1.54, 1.807) is 23.3 Å². The molecule has 5 nitrogen and oxygen atoms in total. The van der Waals surface area contributed by atoms with E-state index in [4.69, 9.17) is 0 Å². The first-order valence-corrected chi connectivity index (χ1v) is 5.91. The summed E-state index contributed by atoms with van der Waals surface area (Å²) >= 11 is 0. The highest BCUT2D eigenvalue weighted by molar-refractivity contribution is 5.18. The molecule has 17 heavy (non-hydrogen) atoms. The summed E-state index contributed by atoms with van der Waals surface area (Å²) in [6.45, 7) is 4.22. The van der Waals surface area contributed by atoms with Gasteiger partial charge in [-0.1, -0.05) is 6.92 Å². The Kier molecular flexibility index (Phi) is 4.21. The second-order valence-electron chi connectivity index (χ2n) is 3.86. The summed E-state index contributed by atoms with van der Waals surface area (Å²) in [7, 11) is 0. The molecule has 2 rings (SSSR count). The van der Waals surface area contributed by atoms with E-state index in [0.29, 0.717) is 0 Å². The van der Waals surface area contributed by atoms with Gasteiger partial charge in [0.25, 0.3) is 0 Å². The van der Waals surface area contributed by atoms with Gasteiger partial charge in [0, 0.05) is 18.6 Å². The van der Waals surface area contributed by atoms with Crippen LogP contribution in [0.3, 0.4) is 0 Å². The second-order valence-corrected chi connectivity index (χ2v) is 3.86. The van der Waals surface area contributed by atoms with E-state index >= 15 is 0 Å². The first-order chi connectivity index (χ1) is 8.40. The van der Waals surface area contributed by atoms with E-state index in [1.165, 1.54) is 12.0 Å². The molecule has 0 aliphatic carbocycles. The van der Waals surface area contributed by atoms with Crippen molar-refractivity contribution in [3.8, 4) is 5.82 Å². The van der Waals surface area contributed by atoms with Crippen molar-refractivity contribution in [3.05, 3.63) is 36.5 Å². The van der Waals surface area contributed by atoms with Crippen LogP contribution < -0.4 is 5.32 Å². The summed E-state index contributed by atoms with van der Waals surface area (Å²) in [5, 5.41) is 7.64. The highest BCUT2D eigenvalue weighted by atomic mass is 15.3. The fourth-order valence-corrected chi connectivity index (χ4v) is 1.56. The molecule has 0 bridgehead atoms. The minimum absolute atomic E-state index is 0.750. The van der Waals surface area contributed by atoms with Gasteiger partial charge in [0.1, 0.15) is 0 Å².